The summed E-state index contributed by atoms with van der Waals surface area (Å²) >= 11 is 0. The molecule has 0 radical (unpaired) electrons. The van der Waals surface area contributed by atoms with Gasteiger partial charge in [-0.1, -0.05) is 0 Å². The Morgan fingerprint density at radius 3 is 1.94 bits per heavy atom. The van der Waals surface area contributed by atoms with Crippen LogP contribution in [0.4, 0.5) is 26.3 Å². The average Bonchev–Trinajstić information content (AvgIpc) is 2.44. The minimum absolute atomic E-state index is 0.157. The van der Waals surface area contributed by atoms with Crippen molar-refractivity contribution in [2.24, 2.45) is 0 Å². The van der Waals surface area contributed by atoms with Crippen molar-refractivity contribution in [3.63, 3.8) is 0 Å². The van der Waals surface area contributed by atoms with Gasteiger partial charge in [0.1, 0.15) is 6.54 Å². The zero-order valence-electron chi connectivity index (χ0n) is 8.15. The second kappa shape index (κ2) is 4.42. The Morgan fingerprint density at radius 1 is 0.875 bits per heavy atom. The highest BCUT2D eigenvalue weighted by atomic mass is 19.4. The molecule has 1 heterocycles. The number of rotatable bonds is 3. The van der Waals surface area contributed by atoms with E-state index >= 15 is 0 Å². The van der Waals surface area contributed by atoms with Crippen LogP contribution in [0.15, 0.2) is 12.4 Å². The molecule has 16 heavy (non-hydrogen) atoms. The summed E-state index contributed by atoms with van der Waals surface area (Å²) in [6.45, 7) is -1.63. The molecule has 1 aliphatic rings. The van der Waals surface area contributed by atoms with Crippen molar-refractivity contribution < 1.29 is 26.3 Å². The number of nitrogens with zero attached hydrogens (tertiary/aromatic N) is 2. The maximum absolute atomic E-state index is 11.9. The molecule has 1 rings (SSSR count). The average molecular weight is 248 g/mol. The van der Waals surface area contributed by atoms with Crippen molar-refractivity contribution >= 4 is 0 Å². The summed E-state index contributed by atoms with van der Waals surface area (Å²) in [6.07, 6.45) is -7.28. The van der Waals surface area contributed by atoms with Crippen LogP contribution in [0.2, 0.25) is 0 Å². The van der Waals surface area contributed by atoms with E-state index in [0.29, 0.717) is 0 Å². The fourth-order valence-electron chi connectivity index (χ4n) is 1.26. The minimum atomic E-state index is -4.34. The third kappa shape index (κ3) is 5.13. The Bertz CT molecular complexity index is 256. The van der Waals surface area contributed by atoms with E-state index in [9.17, 15) is 26.3 Å². The van der Waals surface area contributed by atoms with Gasteiger partial charge in [0.25, 0.3) is 0 Å². The smallest absolute Gasteiger partial charge is 0.358 e. The van der Waals surface area contributed by atoms with Crippen LogP contribution in [0.25, 0.3) is 0 Å². The molecule has 0 aromatic carbocycles. The largest absolute Gasteiger partial charge is 0.405 e. The van der Waals surface area contributed by atoms with Gasteiger partial charge in [-0.25, -0.2) is 0 Å². The van der Waals surface area contributed by atoms with Gasteiger partial charge >= 0.3 is 12.4 Å². The lowest BCUT2D eigenvalue weighted by atomic mass is 10.4. The van der Waals surface area contributed by atoms with Crippen molar-refractivity contribution in [1.29, 1.82) is 0 Å². The van der Waals surface area contributed by atoms with Crippen LogP contribution in [-0.2, 0) is 0 Å². The molecule has 0 unspecified atom stereocenters. The summed E-state index contributed by atoms with van der Waals surface area (Å²) in [5.41, 5.74) is 0. The molecule has 0 amide bonds. The normalized spacial score (nSPS) is 17.4. The molecule has 0 fully saturated rings. The van der Waals surface area contributed by atoms with Gasteiger partial charge in [-0.15, -0.1) is 0 Å². The minimum Gasteiger partial charge on any atom is -0.358 e. The summed E-state index contributed by atoms with van der Waals surface area (Å²) in [5, 5.41) is 0. The molecular weight excluding hydrogens is 238 g/mol. The topological polar surface area (TPSA) is 6.48 Å². The van der Waals surface area contributed by atoms with E-state index in [-0.39, 0.29) is 13.2 Å². The van der Waals surface area contributed by atoms with Crippen LogP contribution in [0.5, 0.6) is 0 Å². The van der Waals surface area contributed by atoms with Crippen LogP contribution in [-0.4, -0.2) is 41.9 Å². The first-order valence-electron chi connectivity index (χ1n) is 4.46. The van der Waals surface area contributed by atoms with Crippen LogP contribution >= 0.6 is 0 Å². The van der Waals surface area contributed by atoms with Gasteiger partial charge in [-0.2, -0.15) is 26.3 Å². The van der Waals surface area contributed by atoms with Crippen LogP contribution in [0, 0.1) is 0 Å². The number of alkyl halides is 6. The number of halogens is 6. The Labute approximate surface area is 88.1 Å². The van der Waals surface area contributed by atoms with Gasteiger partial charge in [-0.3, -0.25) is 0 Å². The molecule has 0 saturated heterocycles. The Balaban J connectivity index is 2.29. The Hall–Kier alpha value is -1.08. The first kappa shape index (κ1) is 13.0. The molecule has 0 saturated carbocycles. The second-order valence-electron chi connectivity index (χ2n) is 3.48. The van der Waals surface area contributed by atoms with Crippen LogP contribution in [0.3, 0.4) is 0 Å². The van der Waals surface area contributed by atoms with Crippen LogP contribution in [0.1, 0.15) is 6.42 Å². The first-order chi connectivity index (χ1) is 7.16. The summed E-state index contributed by atoms with van der Waals surface area (Å²) in [5.74, 6) is 0. The maximum atomic E-state index is 11.9. The lowest BCUT2D eigenvalue weighted by Crippen LogP contribution is -2.34. The molecule has 1 aliphatic heterocycles. The number of hydrogen-bond donors (Lipinski definition) is 0. The lowest BCUT2D eigenvalue weighted by Gasteiger charge is -2.22. The van der Waals surface area contributed by atoms with Gasteiger partial charge in [0, 0.05) is 18.9 Å². The molecule has 8 heteroatoms. The first-order valence-corrected chi connectivity index (χ1v) is 4.46. The molecule has 0 spiro atoms. The third-order valence-corrected chi connectivity index (χ3v) is 1.92. The van der Waals surface area contributed by atoms with E-state index in [1.165, 1.54) is 11.1 Å². The predicted molar refractivity (Wildman–Crippen MR) is 44.1 cm³/mol. The predicted octanol–water partition coefficient (Wildman–Crippen LogP) is 2.55. The summed E-state index contributed by atoms with van der Waals surface area (Å²) in [4.78, 5) is 2.11. The maximum Gasteiger partial charge on any atom is 0.405 e. The molecule has 94 valence electrons. The third-order valence-electron chi connectivity index (χ3n) is 1.92. The van der Waals surface area contributed by atoms with Gasteiger partial charge in [0.05, 0.1) is 13.1 Å². The Morgan fingerprint density at radius 2 is 1.44 bits per heavy atom. The molecule has 0 atom stereocenters. The quantitative estimate of drug-likeness (QED) is 0.708. The van der Waals surface area contributed by atoms with Crippen LogP contribution < -0.4 is 0 Å². The van der Waals surface area contributed by atoms with Crippen molar-refractivity contribution in [3.8, 4) is 0 Å². The van der Waals surface area contributed by atoms with E-state index in [1.807, 2.05) is 0 Å². The highest BCUT2D eigenvalue weighted by Crippen LogP contribution is 2.22. The van der Waals surface area contributed by atoms with E-state index in [4.69, 9.17) is 0 Å². The fraction of sp³-hybridized carbons (Fsp3) is 0.750. The van der Waals surface area contributed by atoms with Crippen molar-refractivity contribution in [2.75, 3.05) is 19.8 Å². The zero-order valence-corrected chi connectivity index (χ0v) is 8.15. The van der Waals surface area contributed by atoms with Gasteiger partial charge in [-0.05, 0) is 0 Å². The van der Waals surface area contributed by atoms with Crippen molar-refractivity contribution in [3.05, 3.63) is 12.4 Å². The summed E-state index contributed by atoms with van der Waals surface area (Å²) in [6, 6.07) is 0. The van der Waals surface area contributed by atoms with Crippen molar-refractivity contribution in [1.82, 2.24) is 9.80 Å². The molecule has 2 nitrogen and oxygen atoms in total. The lowest BCUT2D eigenvalue weighted by molar-refractivity contribution is -0.145. The van der Waals surface area contributed by atoms with E-state index in [2.05, 4.69) is 0 Å². The van der Waals surface area contributed by atoms with Gasteiger partial charge in [0.15, 0.2) is 0 Å². The van der Waals surface area contributed by atoms with E-state index in [0.717, 1.165) is 11.1 Å². The van der Waals surface area contributed by atoms with E-state index < -0.39 is 25.3 Å². The molecule has 0 bridgehead atoms. The monoisotopic (exact) mass is 248 g/mol. The fourth-order valence-corrected chi connectivity index (χ4v) is 1.26. The zero-order chi connectivity index (χ0) is 12.4. The highest BCUT2D eigenvalue weighted by molar-refractivity contribution is 4.91. The molecule has 0 aromatic rings. The number of hydrogen-bond acceptors (Lipinski definition) is 2. The van der Waals surface area contributed by atoms with Gasteiger partial charge in [0.2, 0.25) is 0 Å². The molecule has 0 N–H and O–H groups in total. The highest BCUT2D eigenvalue weighted by Gasteiger charge is 2.32. The Kier molecular flexibility index (Phi) is 3.59. The molecule has 0 aliphatic carbocycles. The SMILES string of the molecule is FC(F)(F)CCN1C=CN(CC(F)(F)F)C1. The molecule has 0 aromatic heterocycles. The summed E-state index contributed by atoms with van der Waals surface area (Å²) < 4.78 is 71.3. The summed E-state index contributed by atoms with van der Waals surface area (Å²) in [7, 11) is 0. The van der Waals surface area contributed by atoms with E-state index in [1.54, 1.807) is 0 Å². The molecular formula is C8H10F6N2. The van der Waals surface area contributed by atoms with Crippen molar-refractivity contribution in [2.45, 2.75) is 18.8 Å². The standard InChI is InChI=1S/C8H10F6N2/c9-7(10,11)1-2-15-3-4-16(6-15)5-8(12,13)14/h3-4H,1-2,5-6H2. The van der Waals surface area contributed by atoms with Gasteiger partial charge < -0.3 is 9.80 Å². The second-order valence-corrected chi connectivity index (χ2v) is 3.48.